The average Bonchev–Trinajstić information content (AvgIpc) is 2.76. The minimum absolute atomic E-state index is 0.0338. The van der Waals surface area contributed by atoms with Crippen molar-refractivity contribution in [3.05, 3.63) is 41.5 Å². The molecular formula is C16H14O7. The second-order valence-electron chi connectivity index (χ2n) is 5.02. The molecule has 2 aromatic rings. The summed E-state index contributed by atoms with van der Waals surface area (Å²) >= 11 is 0. The summed E-state index contributed by atoms with van der Waals surface area (Å²) in [7, 11) is 0. The summed E-state index contributed by atoms with van der Waals surface area (Å²) in [6.07, 6.45) is 0. The SMILES string of the molecule is CCOC1(c2ccc(O)c(O)c2)Oc2cc(O)cc(O)c2C1=O. The van der Waals surface area contributed by atoms with E-state index in [0.29, 0.717) is 0 Å². The molecule has 23 heavy (non-hydrogen) atoms. The molecule has 0 amide bonds. The largest absolute Gasteiger partial charge is 0.508 e. The highest BCUT2D eigenvalue weighted by Crippen LogP contribution is 2.48. The van der Waals surface area contributed by atoms with E-state index in [2.05, 4.69) is 0 Å². The number of Topliss-reactive ketones (excluding diaryl/α,β-unsaturated/α-hetero) is 1. The molecular weight excluding hydrogens is 304 g/mol. The van der Waals surface area contributed by atoms with Gasteiger partial charge >= 0.3 is 5.79 Å². The van der Waals surface area contributed by atoms with Crippen molar-refractivity contribution in [2.45, 2.75) is 12.7 Å². The van der Waals surface area contributed by atoms with Crippen LogP contribution in [-0.4, -0.2) is 32.8 Å². The van der Waals surface area contributed by atoms with Crippen molar-refractivity contribution in [3.63, 3.8) is 0 Å². The summed E-state index contributed by atoms with van der Waals surface area (Å²) in [5.41, 5.74) is 0.0264. The standard InChI is InChI=1S/C16H14O7/c1-2-22-16(8-3-4-10(18)11(19)5-8)15(21)14-12(20)6-9(17)7-13(14)23-16/h3-7,17-20H,2H2,1H3. The first kappa shape index (κ1) is 15.0. The predicted octanol–water partition coefficient (Wildman–Crippen LogP) is 1.97. The summed E-state index contributed by atoms with van der Waals surface area (Å²) in [6.45, 7) is 1.76. The number of rotatable bonds is 3. The zero-order valence-corrected chi connectivity index (χ0v) is 12.1. The van der Waals surface area contributed by atoms with Crippen LogP contribution in [0.25, 0.3) is 0 Å². The van der Waals surface area contributed by atoms with E-state index in [9.17, 15) is 25.2 Å². The lowest BCUT2D eigenvalue weighted by molar-refractivity contribution is -0.142. The Morgan fingerprint density at radius 3 is 2.43 bits per heavy atom. The zero-order valence-electron chi connectivity index (χ0n) is 12.1. The molecule has 1 heterocycles. The third-order valence-corrected chi connectivity index (χ3v) is 3.55. The molecule has 1 atom stereocenters. The first-order valence-corrected chi connectivity index (χ1v) is 6.85. The molecule has 7 heteroatoms. The van der Waals surface area contributed by atoms with Crippen LogP contribution in [0.1, 0.15) is 22.8 Å². The normalized spacial score (nSPS) is 19.4. The molecule has 1 aliphatic heterocycles. The Morgan fingerprint density at radius 2 is 1.78 bits per heavy atom. The van der Waals surface area contributed by atoms with Crippen LogP contribution in [0.15, 0.2) is 30.3 Å². The fraction of sp³-hybridized carbons (Fsp3) is 0.188. The first-order valence-electron chi connectivity index (χ1n) is 6.85. The number of hydrogen-bond acceptors (Lipinski definition) is 7. The molecule has 4 N–H and O–H groups in total. The van der Waals surface area contributed by atoms with Crippen molar-refractivity contribution >= 4 is 5.78 Å². The van der Waals surface area contributed by atoms with Crippen molar-refractivity contribution in [2.75, 3.05) is 6.61 Å². The highest BCUT2D eigenvalue weighted by molar-refractivity contribution is 6.09. The van der Waals surface area contributed by atoms with E-state index in [4.69, 9.17) is 9.47 Å². The maximum absolute atomic E-state index is 12.8. The lowest BCUT2D eigenvalue weighted by Crippen LogP contribution is -2.40. The van der Waals surface area contributed by atoms with Crippen molar-refractivity contribution in [1.29, 1.82) is 0 Å². The minimum atomic E-state index is -1.91. The van der Waals surface area contributed by atoms with Crippen molar-refractivity contribution < 1.29 is 34.7 Å². The van der Waals surface area contributed by atoms with Crippen molar-refractivity contribution in [2.24, 2.45) is 0 Å². The van der Waals surface area contributed by atoms with Crippen molar-refractivity contribution in [3.8, 4) is 28.7 Å². The molecule has 7 nitrogen and oxygen atoms in total. The maximum Gasteiger partial charge on any atom is 0.302 e. The van der Waals surface area contributed by atoms with Gasteiger partial charge in [0, 0.05) is 24.3 Å². The van der Waals surface area contributed by atoms with E-state index < -0.39 is 23.1 Å². The lowest BCUT2D eigenvalue weighted by Gasteiger charge is -2.27. The summed E-state index contributed by atoms with van der Waals surface area (Å²) in [5.74, 6) is -4.12. The van der Waals surface area contributed by atoms with E-state index in [1.807, 2.05) is 0 Å². The molecule has 0 aromatic heterocycles. The number of ketones is 1. The number of carbonyl (C=O) groups is 1. The quantitative estimate of drug-likeness (QED) is 0.639. The second kappa shape index (κ2) is 5.06. The number of benzene rings is 2. The van der Waals surface area contributed by atoms with Crippen molar-refractivity contribution in [1.82, 2.24) is 0 Å². The van der Waals surface area contributed by atoms with E-state index >= 15 is 0 Å². The van der Waals surface area contributed by atoms with Gasteiger partial charge in [0.05, 0.1) is 0 Å². The van der Waals surface area contributed by atoms with Gasteiger partial charge in [0.1, 0.15) is 22.8 Å². The van der Waals surface area contributed by atoms with Gasteiger partial charge in [-0.25, -0.2) is 0 Å². The van der Waals surface area contributed by atoms with Crippen LogP contribution < -0.4 is 4.74 Å². The van der Waals surface area contributed by atoms with E-state index in [0.717, 1.165) is 12.1 Å². The molecule has 1 aliphatic rings. The van der Waals surface area contributed by atoms with Gasteiger partial charge in [-0.2, -0.15) is 0 Å². The van der Waals surface area contributed by atoms with E-state index in [1.165, 1.54) is 18.2 Å². The monoisotopic (exact) mass is 318 g/mol. The van der Waals surface area contributed by atoms with Crippen LogP contribution in [0, 0.1) is 0 Å². The van der Waals surface area contributed by atoms with Gasteiger partial charge in [-0.1, -0.05) is 0 Å². The highest BCUT2D eigenvalue weighted by atomic mass is 16.7. The zero-order chi connectivity index (χ0) is 16.8. The number of carbonyl (C=O) groups excluding carboxylic acids is 1. The van der Waals surface area contributed by atoms with Crippen LogP contribution in [-0.2, 0) is 10.5 Å². The molecule has 0 fully saturated rings. The highest BCUT2D eigenvalue weighted by Gasteiger charge is 2.52. The Labute approximate surface area is 131 Å². The Morgan fingerprint density at radius 1 is 1.04 bits per heavy atom. The van der Waals surface area contributed by atoms with Gasteiger partial charge in [0.15, 0.2) is 11.5 Å². The van der Waals surface area contributed by atoms with Gasteiger partial charge in [-0.05, 0) is 25.1 Å². The molecule has 120 valence electrons. The van der Waals surface area contributed by atoms with Crippen LogP contribution >= 0.6 is 0 Å². The smallest absolute Gasteiger partial charge is 0.302 e. The summed E-state index contributed by atoms with van der Waals surface area (Å²) in [4.78, 5) is 12.8. The number of phenols is 4. The molecule has 2 aromatic carbocycles. The first-order chi connectivity index (χ1) is 10.9. The van der Waals surface area contributed by atoms with Crippen LogP contribution in [0.4, 0.5) is 0 Å². The molecule has 0 saturated carbocycles. The fourth-order valence-corrected chi connectivity index (χ4v) is 2.56. The Kier molecular flexibility index (Phi) is 3.30. The van der Waals surface area contributed by atoms with E-state index in [-0.39, 0.29) is 35.0 Å². The maximum atomic E-state index is 12.8. The van der Waals surface area contributed by atoms with Crippen LogP contribution in [0.2, 0.25) is 0 Å². The van der Waals surface area contributed by atoms with Gasteiger partial charge in [-0.15, -0.1) is 0 Å². The van der Waals surface area contributed by atoms with Gasteiger partial charge in [0.25, 0.3) is 0 Å². The molecule has 1 unspecified atom stereocenters. The molecule has 0 saturated heterocycles. The number of phenolic OH excluding ortho intramolecular Hbond substituents is 4. The lowest BCUT2D eigenvalue weighted by atomic mass is 9.97. The number of hydrogen-bond donors (Lipinski definition) is 4. The molecule has 0 radical (unpaired) electrons. The third-order valence-electron chi connectivity index (χ3n) is 3.55. The number of fused-ring (bicyclic) bond motifs is 1. The fourth-order valence-electron chi connectivity index (χ4n) is 2.56. The molecule has 3 rings (SSSR count). The second-order valence-corrected chi connectivity index (χ2v) is 5.02. The summed E-state index contributed by atoms with van der Waals surface area (Å²) < 4.78 is 11.1. The van der Waals surface area contributed by atoms with Gasteiger partial charge in [-0.3, -0.25) is 4.79 Å². The summed E-state index contributed by atoms with van der Waals surface area (Å²) in [6, 6.07) is 5.92. The molecule has 0 spiro atoms. The number of ether oxygens (including phenoxy) is 2. The molecule has 0 aliphatic carbocycles. The Hall–Kier alpha value is -2.93. The summed E-state index contributed by atoms with van der Waals surface area (Å²) in [5, 5.41) is 38.6. The Bertz CT molecular complexity index is 799. The van der Waals surface area contributed by atoms with Crippen LogP contribution in [0.5, 0.6) is 28.7 Å². The average molecular weight is 318 g/mol. The van der Waals surface area contributed by atoms with Crippen LogP contribution in [0.3, 0.4) is 0 Å². The molecule has 0 bridgehead atoms. The Balaban J connectivity index is 2.19. The number of aromatic hydroxyl groups is 4. The van der Waals surface area contributed by atoms with Gasteiger partial charge in [0.2, 0.25) is 5.78 Å². The third kappa shape index (κ3) is 2.13. The topological polar surface area (TPSA) is 116 Å². The predicted molar refractivity (Wildman–Crippen MR) is 77.8 cm³/mol. The van der Waals surface area contributed by atoms with Gasteiger partial charge < -0.3 is 29.9 Å². The minimum Gasteiger partial charge on any atom is -0.508 e. The van der Waals surface area contributed by atoms with E-state index in [1.54, 1.807) is 6.92 Å².